The minimum absolute atomic E-state index is 0.671. The predicted octanol–water partition coefficient (Wildman–Crippen LogP) is 1.27. The lowest BCUT2D eigenvalue weighted by molar-refractivity contribution is -0.0199. The fourth-order valence-corrected chi connectivity index (χ4v) is 2.92. The van der Waals surface area contributed by atoms with Gasteiger partial charge in [-0.25, -0.2) is 0 Å². The van der Waals surface area contributed by atoms with Gasteiger partial charge in [-0.3, -0.25) is 0 Å². The molecule has 0 aromatic heterocycles. The summed E-state index contributed by atoms with van der Waals surface area (Å²) < 4.78 is 0. The van der Waals surface area contributed by atoms with Gasteiger partial charge in [-0.2, -0.15) is 0 Å². The first-order valence-corrected chi connectivity index (χ1v) is 5.85. The summed E-state index contributed by atoms with van der Waals surface area (Å²) in [6.45, 7) is 5.63. The summed E-state index contributed by atoms with van der Waals surface area (Å²) in [5, 5.41) is 0. The highest BCUT2D eigenvalue weighted by Gasteiger charge is 2.46. The van der Waals surface area contributed by atoms with E-state index in [9.17, 15) is 0 Å². The van der Waals surface area contributed by atoms with Crippen molar-refractivity contribution in [3.8, 4) is 0 Å². The van der Waals surface area contributed by atoms with Crippen molar-refractivity contribution < 1.29 is 0 Å². The van der Waals surface area contributed by atoms with Crippen molar-refractivity contribution in [2.75, 3.05) is 26.7 Å². The summed E-state index contributed by atoms with van der Waals surface area (Å²) in [6.07, 6.45) is 5.45. The molecule has 1 saturated carbocycles. The summed E-state index contributed by atoms with van der Waals surface area (Å²) in [5.74, 6) is 0. The highest BCUT2D eigenvalue weighted by Crippen LogP contribution is 2.50. The molecule has 14 heavy (non-hydrogen) atoms. The molecular weight excluding hydrogens is 171 g/mol. The third-order valence-corrected chi connectivity index (χ3v) is 4.32. The molecule has 1 saturated heterocycles. The monoisotopic (exact) mass is 192 g/mol. The Hall–Kier alpha value is -0.0151. The van der Waals surface area contributed by atoms with E-state index in [1.54, 1.807) is 0 Å². The Morgan fingerprint density at radius 1 is 1.36 bits per heavy atom. The maximum absolute atomic E-state index is 5.78. The number of hydrogen-bond donors (Lipinski definition) is 0. The second-order valence-corrected chi connectivity index (χ2v) is 5.17. The lowest BCUT2D eigenvalue weighted by Gasteiger charge is -2.54. The van der Waals surface area contributed by atoms with Crippen molar-refractivity contribution in [3.63, 3.8) is 0 Å². The van der Waals surface area contributed by atoms with Crippen LogP contribution in [0.3, 0.4) is 0 Å². The van der Waals surface area contributed by atoms with E-state index >= 15 is 0 Å². The van der Waals surface area contributed by atoms with E-state index < -0.39 is 0 Å². The van der Waals surface area contributed by atoms with Gasteiger partial charge >= 0.3 is 0 Å². The third-order valence-electron chi connectivity index (χ3n) is 4.32. The van der Waals surface area contributed by atoms with Crippen LogP contribution < -0.4 is 0 Å². The maximum atomic E-state index is 5.78. The second-order valence-electron chi connectivity index (χ2n) is 5.17. The van der Waals surface area contributed by atoms with E-state index in [4.69, 9.17) is 7.98 Å². The molecule has 1 aliphatic heterocycles. The van der Waals surface area contributed by atoms with Gasteiger partial charge in [-0.05, 0) is 57.8 Å². The van der Waals surface area contributed by atoms with E-state index in [1.807, 2.05) is 4.81 Å². The lowest BCUT2D eigenvalue weighted by atomic mass is 9.60. The quantitative estimate of drug-likeness (QED) is 0.608. The summed E-state index contributed by atoms with van der Waals surface area (Å²) in [6, 6.07) is 0.851. The molecule has 2 fully saturated rings. The molecule has 0 aromatic carbocycles. The van der Waals surface area contributed by atoms with Crippen LogP contribution in [0.2, 0.25) is 0 Å². The number of hydrogen-bond acceptors (Lipinski definition) is 2. The normalized spacial score (nSPS) is 28.2. The Balaban J connectivity index is 1.80. The van der Waals surface area contributed by atoms with Gasteiger partial charge in [-0.15, -0.1) is 0 Å². The molecular formula is C11H21BN2. The van der Waals surface area contributed by atoms with Crippen molar-refractivity contribution in [2.24, 2.45) is 5.41 Å². The molecule has 2 nitrogen and oxygen atoms in total. The Labute approximate surface area is 89.1 Å². The van der Waals surface area contributed by atoms with Gasteiger partial charge in [0.2, 0.25) is 0 Å². The molecule has 0 N–H and O–H groups in total. The molecule has 2 aliphatic rings. The zero-order valence-electron chi connectivity index (χ0n) is 9.50. The first-order chi connectivity index (χ1) is 6.65. The van der Waals surface area contributed by atoms with E-state index in [-0.39, 0.29) is 0 Å². The highest BCUT2D eigenvalue weighted by molar-refractivity contribution is 6.04. The van der Waals surface area contributed by atoms with Crippen LogP contribution in [0.1, 0.15) is 32.6 Å². The average molecular weight is 192 g/mol. The fourth-order valence-electron chi connectivity index (χ4n) is 2.92. The van der Waals surface area contributed by atoms with Crippen LogP contribution in [-0.4, -0.2) is 50.4 Å². The van der Waals surface area contributed by atoms with E-state index in [2.05, 4.69) is 18.9 Å². The molecule has 3 heteroatoms. The first-order valence-electron chi connectivity index (χ1n) is 5.85. The third kappa shape index (κ3) is 1.85. The smallest absolute Gasteiger partial charge is 0.182 e. The van der Waals surface area contributed by atoms with Gasteiger partial charge in [0.25, 0.3) is 0 Å². The van der Waals surface area contributed by atoms with Crippen LogP contribution >= 0.6 is 0 Å². The van der Waals surface area contributed by atoms with Crippen molar-refractivity contribution in [1.82, 2.24) is 9.71 Å². The lowest BCUT2D eigenvalue weighted by Crippen LogP contribution is -2.53. The summed E-state index contributed by atoms with van der Waals surface area (Å²) >= 11 is 0. The van der Waals surface area contributed by atoms with Gasteiger partial charge in [0.15, 0.2) is 7.98 Å². The largest absolute Gasteiger partial charge is 0.353 e. The van der Waals surface area contributed by atoms with Crippen molar-refractivity contribution >= 4 is 7.98 Å². The maximum Gasteiger partial charge on any atom is 0.182 e. The molecule has 0 amide bonds. The molecule has 0 bridgehead atoms. The summed E-state index contributed by atoms with van der Waals surface area (Å²) in [7, 11) is 8.02. The number of piperidine rings is 1. The van der Waals surface area contributed by atoms with Crippen LogP contribution in [0.15, 0.2) is 0 Å². The average Bonchev–Trinajstić information content (AvgIpc) is 2.15. The SMILES string of the molecule is [B]N1CCC2(CC1)CC(N(C)CC)C2. The van der Waals surface area contributed by atoms with Gasteiger partial charge in [-0.1, -0.05) is 6.92 Å². The molecule has 2 radical (unpaired) electrons. The van der Waals surface area contributed by atoms with Gasteiger partial charge in [0.1, 0.15) is 0 Å². The van der Waals surface area contributed by atoms with Crippen LogP contribution in [0.4, 0.5) is 0 Å². The number of rotatable bonds is 2. The molecule has 2 rings (SSSR count). The van der Waals surface area contributed by atoms with Crippen molar-refractivity contribution in [2.45, 2.75) is 38.6 Å². The number of nitrogens with zero attached hydrogens (tertiary/aromatic N) is 2. The standard InChI is InChI=1S/C11H21BN2/c1-3-13(2)10-8-11(9-10)4-6-14(12)7-5-11/h10H,3-9H2,1-2H3. The minimum Gasteiger partial charge on any atom is -0.353 e. The Morgan fingerprint density at radius 3 is 2.43 bits per heavy atom. The molecule has 1 aliphatic carbocycles. The van der Waals surface area contributed by atoms with Crippen molar-refractivity contribution in [3.05, 3.63) is 0 Å². The molecule has 0 aromatic rings. The second kappa shape index (κ2) is 3.86. The zero-order valence-corrected chi connectivity index (χ0v) is 9.50. The van der Waals surface area contributed by atoms with Crippen LogP contribution in [-0.2, 0) is 0 Å². The predicted molar refractivity (Wildman–Crippen MR) is 60.3 cm³/mol. The minimum atomic E-state index is 0.671. The van der Waals surface area contributed by atoms with E-state index in [1.165, 1.54) is 32.2 Å². The molecule has 78 valence electrons. The topological polar surface area (TPSA) is 6.48 Å². The van der Waals surface area contributed by atoms with Crippen LogP contribution in [0, 0.1) is 5.41 Å². The summed E-state index contributed by atoms with van der Waals surface area (Å²) in [5.41, 5.74) is 0.671. The van der Waals surface area contributed by atoms with Gasteiger partial charge in [0, 0.05) is 6.04 Å². The zero-order chi connectivity index (χ0) is 10.2. The highest BCUT2D eigenvalue weighted by atomic mass is 15.1. The van der Waals surface area contributed by atoms with Crippen LogP contribution in [0.5, 0.6) is 0 Å². The fraction of sp³-hybridized carbons (Fsp3) is 1.00. The molecule has 1 heterocycles. The Kier molecular flexibility index (Phi) is 2.89. The van der Waals surface area contributed by atoms with Crippen LogP contribution in [0.25, 0.3) is 0 Å². The Bertz CT molecular complexity index is 191. The van der Waals surface area contributed by atoms with Gasteiger partial charge < -0.3 is 9.71 Å². The van der Waals surface area contributed by atoms with E-state index in [0.29, 0.717) is 5.41 Å². The Morgan fingerprint density at radius 2 is 1.93 bits per heavy atom. The van der Waals surface area contributed by atoms with Gasteiger partial charge in [0.05, 0.1) is 0 Å². The van der Waals surface area contributed by atoms with Crippen molar-refractivity contribution in [1.29, 1.82) is 0 Å². The molecule has 0 unspecified atom stereocenters. The summed E-state index contributed by atoms with van der Waals surface area (Å²) in [4.78, 5) is 4.46. The first kappa shape index (κ1) is 10.5. The van der Waals surface area contributed by atoms with E-state index in [0.717, 1.165) is 19.1 Å². The molecule has 0 atom stereocenters. The molecule has 1 spiro atoms.